The van der Waals surface area contributed by atoms with E-state index >= 15 is 0 Å². The summed E-state index contributed by atoms with van der Waals surface area (Å²) >= 11 is 0. The third-order valence-corrected chi connectivity index (χ3v) is 3.91. The van der Waals surface area contributed by atoms with Gasteiger partial charge in [-0.25, -0.2) is 0 Å². The van der Waals surface area contributed by atoms with E-state index in [1.165, 1.54) is 12.3 Å². The highest BCUT2D eigenvalue weighted by atomic mass is 16.5. The maximum Gasteiger partial charge on any atom is 0.288 e. The van der Waals surface area contributed by atoms with Crippen molar-refractivity contribution in [3.8, 4) is 11.5 Å². The van der Waals surface area contributed by atoms with Crippen LogP contribution in [0.2, 0.25) is 0 Å². The van der Waals surface area contributed by atoms with Crippen LogP contribution in [0, 0.1) is 0 Å². The number of carbonyl (C=O) groups is 3. The lowest BCUT2D eigenvalue weighted by atomic mass is 10.2. The highest BCUT2D eigenvalue weighted by Crippen LogP contribution is 2.22. The van der Waals surface area contributed by atoms with Gasteiger partial charge < -0.3 is 10.1 Å². The van der Waals surface area contributed by atoms with Crippen LogP contribution in [-0.2, 0) is 9.59 Å². The standard InChI is InChI=1S/C22H20N4O4/c27-20(13-14-21(28)25-26-22(29)19-8-4-5-15-23-19)24-16-9-11-18(12-10-16)30-17-6-2-1-3-7-17/h1-12,15H,13-14H2,(H,24,27)(H,25,28)(H,26,29). The van der Waals surface area contributed by atoms with Crippen LogP contribution in [-0.4, -0.2) is 22.7 Å². The van der Waals surface area contributed by atoms with Crippen LogP contribution in [0.25, 0.3) is 0 Å². The Morgan fingerprint density at radius 1 is 0.733 bits per heavy atom. The molecule has 0 fully saturated rings. The Balaban J connectivity index is 1.38. The molecule has 3 rings (SSSR count). The quantitative estimate of drug-likeness (QED) is 0.525. The molecule has 0 saturated carbocycles. The molecule has 0 atom stereocenters. The fraction of sp³-hybridized carbons (Fsp3) is 0.0909. The van der Waals surface area contributed by atoms with E-state index in [1.54, 1.807) is 36.4 Å². The zero-order chi connectivity index (χ0) is 21.2. The zero-order valence-corrected chi connectivity index (χ0v) is 16.0. The molecule has 0 aliphatic carbocycles. The topological polar surface area (TPSA) is 109 Å². The third kappa shape index (κ3) is 6.45. The first-order valence-electron chi connectivity index (χ1n) is 9.23. The molecule has 3 amide bonds. The summed E-state index contributed by atoms with van der Waals surface area (Å²) < 4.78 is 5.69. The van der Waals surface area contributed by atoms with Crippen LogP contribution in [0.15, 0.2) is 79.0 Å². The van der Waals surface area contributed by atoms with Gasteiger partial charge in [-0.2, -0.15) is 0 Å². The molecule has 0 aliphatic rings. The van der Waals surface area contributed by atoms with Gasteiger partial charge in [-0.05, 0) is 48.5 Å². The Morgan fingerprint density at radius 2 is 1.40 bits per heavy atom. The molecule has 2 aromatic carbocycles. The Labute approximate surface area is 173 Å². The second kappa shape index (κ2) is 10.4. The molecule has 152 valence electrons. The Bertz CT molecular complexity index is 993. The molecule has 0 bridgehead atoms. The minimum absolute atomic E-state index is 0.0342. The summed E-state index contributed by atoms with van der Waals surface area (Å²) in [5.74, 6) is 0.0165. The van der Waals surface area contributed by atoms with E-state index in [2.05, 4.69) is 21.2 Å². The van der Waals surface area contributed by atoms with Crippen molar-refractivity contribution in [1.29, 1.82) is 0 Å². The molecule has 8 nitrogen and oxygen atoms in total. The number of carbonyl (C=O) groups excluding carboxylic acids is 3. The van der Waals surface area contributed by atoms with Gasteiger partial charge in [0.2, 0.25) is 11.8 Å². The molecule has 0 spiro atoms. The maximum absolute atomic E-state index is 12.0. The van der Waals surface area contributed by atoms with Crippen molar-refractivity contribution < 1.29 is 19.1 Å². The number of hydrogen-bond acceptors (Lipinski definition) is 5. The monoisotopic (exact) mass is 404 g/mol. The zero-order valence-electron chi connectivity index (χ0n) is 16.0. The van der Waals surface area contributed by atoms with Gasteiger partial charge in [0.25, 0.3) is 5.91 Å². The molecule has 0 unspecified atom stereocenters. The number of hydrazine groups is 1. The predicted octanol–water partition coefficient (Wildman–Crippen LogP) is 3.05. The summed E-state index contributed by atoms with van der Waals surface area (Å²) in [6.45, 7) is 0. The molecule has 0 radical (unpaired) electrons. The SMILES string of the molecule is O=C(CCC(=O)Nc1ccc(Oc2ccccc2)cc1)NNC(=O)c1ccccn1. The average Bonchev–Trinajstić information content (AvgIpc) is 2.78. The van der Waals surface area contributed by atoms with E-state index in [-0.39, 0.29) is 24.4 Å². The van der Waals surface area contributed by atoms with Crippen molar-refractivity contribution in [1.82, 2.24) is 15.8 Å². The molecule has 0 saturated heterocycles. The highest BCUT2D eigenvalue weighted by Gasteiger charge is 2.10. The van der Waals surface area contributed by atoms with Crippen LogP contribution >= 0.6 is 0 Å². The van der Waals surface area contributed by atoms with Gasteiger partial charge in [0.1, 0.15) is 17.2 Å². The predicted molar refractivity (Wildman–Crippen MR) is 111 cm³/mol. The summed E-state index contributed by atoms with van der Waals surface area (Å²) in [4.78, 5) is 39.5. The lowest BCUT2D eigenvalue weighted by molar-refractivity contribution is -0.124. The van der Waals surface area contributed by atoms with Gasteiger partial charge in [0.15, 0.2) is 0 Å². The van der Waals surface area contributed by atoms with Gasteiger partial charge in [-0.1, -0.05) is 24.3 Å². The van der Waals surface area contributed by atoms with Crippen LogP contribution < -0.4 is 20.9 Å². The van der Waals surface area contributed by atoms with Crippen molar-refractivity contribution in [2.24, 2.45) is 0 Å². The second-order valence-electron chi connectivity index (χ2n) is 6.20. The molecular formula is C22H20N4O4. The first-order valence-corrected chi connectivity index (χ1v) is 9.23. The smallest absolute Gasteiger partial charge is 0.288 e. The molecule has 3 aromatic rings. The minimum atomic E-state index is -0.536. The van der Waals surface area contributed by atoms with Gasteiger partial charge >= 0.3 is 0 Å². The normalized spacial score (nSPS) is 10.0. The number of pyridine rings is 1. The number of benzene rings is 2. The number of rotatable bonds is 7. The fourth-order valence-corrected chi connectivity index (χ4v) is 2.43. The summed E-state index contributed by atoms with van der Waals surface area (Å²) in [6, 6.07) is 21.1. The molecule has 3 N–H and O–H groups in total. The first-order chi connectivity index (χ1) is 14.6. The van der Waals surface area contributed by atoms with Crippen LogP contribution in [0.3, 0.4) is 0 Å². The van der Waals surface area contributed by atoms with Crippen molar-refractivity contribution in [3.63, 3.8) is 0 Å². The van der Waals surface area contributed by atoms with Crippen LogP contribution in [0.5, 0.6) is 11.5 Å². The number of hydrogen-bond donors (Lipinski definition) is 3. The third-order valence-electron chi connectivity index (χ3n) is 3.91. The minimum Gasteiger partial charge on any atom is -0.457 e. The Hall–Kier alpha value is -4.20. The van der Waals surface area contributed by atoms with Crippen LogP contribution in [0.1, 0.15) is 23.3 Å². The van der Waals surface area contributed by atoms with Gasteiger partial charge in [0.05, 0.1) is 0 Å². The number of anilines is 1. The summed E-state index contributed by atoms with van der Waals surface area (Å²) in [5.41, 5.74) is 5.27. The Morgan fingerprint density at radius 3 is 2.10 bits per heavy atom. The van der Waals surface area contributed by atoms with E-state index < -0.39 is 11.8 Å². The number of aromatic nitrogens is 1. The van der Waals surface area contributed by atoms with Crippen molar-refractivity contribution >= 4 is 23.4 Å². The number of amides is 3. The summed E-state index contributed by atoms with van der Waals surface area (Å²) in [6.07, 6.45) is 1.36. The average molecular weight is 404 g/mol. The lowest BCUT2D eigenvalue weighted by Gasteiger charge is -2.09. The first kappa shape index (κ1) is 20.5. The number of nitrogens with one attached hydrogen (secondary N) is 3. The van der Waals surface area contributed by atoms with E-state index in [4.69, 9.17) is 4.74 Å². The summed E-state index contributed by atoms with van der Waals surface area (Å²) in [5, 5.41) is 2.71. The Kier molecular flexibility index (Phi) is 7.10. The van der Waals surface area contributed by atoms with E-state index in [0.717, 1.165) is 5.75 Å². The molecule has 0 aliphatic heterocycles. The number of ether oxygens (including phenoxy) is 1. The second-order valence-corrected chi connectivity index (χ2v) is 6.20. The number of para-hydroxylation sites is 1. The highest BCUT2D eigenvalue weighted by molar-refractivity contribution is 5.95. The van der Waals surface area contributed by atoms with Crippen molar-refractivity contribution in [2.45, 2.75) is 12.8 Å². The van der Waals surface area contributed by atoms with Gasteiger partial charge in [-0.15, -0.1) is 0 Å². The largest absolute Gasteiger partial charge is 0.457 e. The van der Waals surface area contributed by atoms with Gasteiger partial charge in [0, 0.05) is 24.7 Å². The molecule has 1 heterocycles. The van der Waals surface area contributed by atoms with Crippen molar-refractivity contribution in [3.05, 3.63) is 84.7 Å². The lowest BCUT2D eigenvalue weighted by Crippen LogP contribution is -2.42. The molecule has 8 heteroatoms. The maximum atomic E-state index is 12.0. The van der Waals surface area contributed by atoms with E-state index in [9.17, 15) is 14.4 Å². The van der Waals surface area contributed by atoms with E-state index in [1.807, 2.05) is 30.3 Å². The number of nitrogens with zero attached hydrogens (tertiary/aromatic N) is 1. The van der Waals surface area contributed by atoms with Crippen LogP contribution in [0.4, 0.5) is 5.69 Å². The van der Waals surface area contributed by atoms with E-state index in [0.29, 0.717) is 11.4 Å². The molecule has 30 heavy (non-hydrogen) atoms. The fourth-order valence-electron chi connectivity index (χ4n) is 2.43. The van der Waals surface area contributed by atoms with Gasteiger partial charge in [-0.3, -0.25) is 30.2 Å². The molecule has 1 aromatic heterocycles. The summed E-state index contributed by atoms with van der Waals surface area (Å²) in [7, 11) is 0. The van der Waals surface area contributed by atoms with Crippen molar-refractivity contribution in [2.75, 3.05) is 5.32 Å². The molecular weight excluding hydrogens is 384 g/mol.